The van der Waals surface area contributed by atoms with Gasteiger partial charge in [-0.1, -0.05) is 47.7 Å². The molecule has 1 aromatic carbocycles. The third kappa shape index (κ3) is 6.48. The molecule has 0 saturated heterocycles. The second kappa shape index (κ2) is 11.5. The van der Waals surface area contributed by atoms with Crippen molar-refractivity contribution in [1.82, 2.24) is 24.3 Å². The molecular formula is C26H32BrN5O3Si. The van der Waals surface area contributed by atoms with Gasteiger partial charge in [0, 0.05) is 42.5 Å². The summed E-state index contributed by atoms with van der Waals surface area (Å²) in [7, 11) is -1.14. The standard InChI is InChI=1S/C26H32BrN5O3Si/c1-5-35-24(33)14-23(19-7-6-8-21(27)13-19)32-16-20(15-30-32)25-22-9-10-31(26(22)29-17-28-25)18-34-11-12-36(2,3)4/h6-10,13,15-17,23H,5,11-12,14,18H2,1-4H3. The predicted octanol–water partition coefficient (Wildman–Crippen LogP) is 5.91. The van der Waals surface area contributed by atoms with Gasteiger partial charge in [-0.15, -0.1) is 0 Å². The third-order valence-electron chi connectivity index (χ3n) is 5.88. The van der Waals surface area contributed by atoms with E-state index in [0.29, 0.717) is 13.3 Å². The molecule has 0 radical (unpaired) electrons. The minimum absolute atomic E-state index is 0.176. The monoisotopic (exact) mass is 569 g/mol. The Labute approximate surface area is 220 Å². The first kappa shape index (κ1) is 26.2. The van der Waals surface area contributed by atoms with E-state index in [1.165, 1.54) is 0 Å². The first-order valence-corrected chi connectivity index (χ1v) is 16.6. The van der Waals surface area contributed by atoms with Crippen LogP contribution in [0.25, 0.3) is 22.3 Å². The highest BCUT2D eigenvalue weighted by Crippen LogP contribution is 2.30. The largest absolute Gasteiger partial charge is 0.466 e. The Morgan fingerprint density at radius 2 is 2.03 bits per heavy atom. The van der Waals surface area contributed by atoms with Gasteiger partial charge in [-0.3, -0.25) is 9.48 Å². The van der Waals surface area contributed by atoms with Gasteiger partial charge in [-0.05, 0) is 36.7 Å². The number of carbonyl (C=O) groups is 1. The summed E-state index contributed by atoms with van der Waals surface area (Å²) in [5.74, 6) is -0.268. The summed E-state index contributed by atoms with van der Waals surface area (Å²) in [5, 5.41) is 5.54. The molecule has 8 nitrogen and oxygen atoms in total. The topological polar surface area (TPSA) is 84.1 Å². The predicted molar refractivity (Wildman–Crippen MR) is 146 cm³/mol. The highest BCUT2D eigenvalue weighted by Gasteiger charge is 2.22. The van der Waals surface area contributed by atoms with E-state index in [0.717, 1.165) is 45.0 Å². The Kier molecular flexibility index (Phi) is 8.38. The van der Waals surface area contributed by atoms with E-state index in [1.54, 1.807) is 17.2 Å². The van der Waals surface area contributed by atoms with Crippen LogP contribution < -0.4 is 0 Å². The first-order valence-electron chi connectivity index (χ1n) is 12.1. The summed E-state index contributed by atoms with van der Waals surface area (Å²) >= 11 is 3.53. The molecule has 1 atom stereocenters. The molecule has 4 aromatic rings. The van der Waals surface area contributed by atoms with Gasteiger partial charge in [0.15, 0.2) is 0 Å². The molecule has 0 aliphatic heterocycles. The summed E-state index contributed by atoms with van der Waals surface area (Å²) in [6, 6.07) is 10.7. The Morgan fingerprint density at radius 1 is 1.19 bits per heavy atom. The lowest BCUT2D eigenvalue weighted by Gasteiger charge is -2.17. The second-order valence-corrected chi connectivity index (χ2v) is 16.4. The number of fused-ring (bicyclic) bond motifs is 1. The molecule has 10 heteroatoms. The molecule has 0 N–H and O–H groups in total. The lowest BCUT2D eigenvalue weighted by Crippen LogP contribution is -2.22. The van der Waals surface area contributed by atoms with Crippen LogP contribution in [0.3, 0.4) is 0 Å². The van der Waals surface area contributed by atoms with Crippen LogP contribution in [0, 0.1) is 0 Å². The number of aromatic nitrogens is 5. The van der Waals surface area contributed by atoms with Gasteiger partial charge in [-0.25, -0.2) is 9.97 Å². The number of benzene rings is 1. The lowest BCUT2D eigenvalue weighted by atomic mass is 10.0. The van der Waals surface area contributed by atoms with E-state index in [1.807, 2.05) is 54.2 Å². The number of rotatable bonds is 11. The number of halogens is 1. The van der Waals surface area contributed by atoms with E-state index in [9.17, 15) is 4.79 Å². The molecule has 0 fully saturated rings. The van der Waals surface area contributed by atoms with Crippen LogP contribution in [0.4, 0.5) is 0 Å². The fourth-order valence-electron chi connectivity index (χ4n) is 3.97. The number of ether oxygens (including phenoxy) is 2. The molecule has 0 bridgehead atoms. The molecule has 36 heavy (non-hydrogen) atoms. The van der Waals surface area contributed by atoms with E-state index in [2.05, 4.69) is 50.6 Å². The average molecular weight is 571 g/mol. The number of esters is 1. The number of nitrogens with zero attached hydrogens (tertiary/aromatic N) is 5. The van der Waals surface area contributed by atoms with Crippen molar-refractivity contribution in [2.75, 3.05) is 13.2 Å². The number of carbonyl (C=O) groups excluding carboxylic acids is 1. The lowest BCUT2D eigenvalue weighted by molar-refractivity contribution is -0.143. The van der Waals surface area contributed by atoms with Crippen molar-refractivity contribution >= 4 is 41.0 Å². The zero-order valence-corrected chi connectivity index (χ0v) is 23.7. The van der Waals surface area contributed by atoms with Crippen LogP contribution >= 0.6 is 15.9 Å². The van der Waals surface area contributed by atoms with E-state index >= 15 is 0 Å². The minimum Gasteiger partial charge on any atom is -0.466 e. The zero-order valence-electron chi connectivity index (χ0n) is 21.1. The van der Waals surface area contributed by atoms with E-state index < -0.39 is 8.07 Å². The van der Waals surface area contributed by atoms with Gasteiger partial charge in [-0.2, -0.15) is 5.10 Å². The van der Waals surface area contributed by atoms with Gasteiger partial charge >= 0.3 is 5.97 Å². The Hall–Kier alpha value is -2.82. The highest BCUT2D eigenvalue weighted by atomic mass is 79.9. The van der Waals surface area contributed by atoms with Crippen LogP contribution in [-0.2, 0) is 21.0 Å². The molecule has 0 aliphatic rings. The number of hydrogen-bond donors (Lipinski definition) is 0. The van der Waals surface area contributed by atoms with Gasteiger partial charge in [0.2, 0.25) is 0 Å². The SMILES string of the molecule is CCOC(=O)CC(c1cccc(Br)c1)n1cc(-c2ncnc3c2ccn3COCC[Si](C)(C)C)cn1. The third-order valence-corrected chi connectivity index (χ3v) is 8.07. The fraction of sp³-hybridized carbons (Fsp3) is 0.385. The maximum atomic E-state index is 12.4. The zero-order chi connectivity index (χ0) is 25.7. The van der Waals surface area contributed by atoms with Crippen LogP contribution in [0.2, 0.25) is 25.7 Å². The summed E-state index contributed by atoms with van der Waals surface area (Å²) < 4.78 is 15.9. The Balaban J connectivity index is 1.60. The van der Waals surface area contributed by atoms with Crippen molar-refractivity contribution in [3.63, 3.8) is 0 Å². The highest BCUT2D eigenvalue weighted by molar-refractivity contribution is 9.10. The molecule has 0 spiro atoms. The van der Waals surface area contributed by atoms with Gasteiger partial charge in [0.25, 0.3) is 0 Å². The van der Waals surface area contributed by atoms with E-state index in [4.69, 9.17) is 9.47 Å². The van der Waals surface area contributed by atoms with Gasteiger partial charge in [0.05, 0.1) is 31.0 Å². The first-order chi connectivity index (χ1) is 17.2. The van der Waals surface area contributed by atoms with Crippen molar-refractivity contribution in [2.45, 2.75) is 51.8 Å². The van der Waals surface area contributed by atoms with Crippen molar-refractivity contribution in [3.05, 3.63) is 65.3 Å². The van der Waals surface area contributed by atoms with Crippen molar-refractivity contribution in [1.29, 1.82) is 0 Å². The molecule has 190 valence electrons. The molecule has 0 amide bonds. The Morgan fingerprint density at radius 3 is 2.78 bits per heavy atom. The van der Waals surface area contributed by atoms with Crippen molar-refractivity contribution < 1.29 is 14.3 Å². The summed E-state index contributed by atoms with van der Waals surface area (Å²) in [6.45, 7) is 10.4. The smallest absolute Gasteiger partial charge is 0.308 e. The van der Waals surface area contributed by atoms with Crippen LogP contribution in [0.15, 0.2) is 59.7 Å². The van der Waals surface area contributed by atoms with Crippen LogP contribution in [0.5, 0.6) is 0 Å². The normalized spacial score (nSPS) is 12.7. The Bertz CT molecular complexity index is 1330. The second-order valence-electron chi connectivity index (χ2n) is 9.88. The molecule has 1 unspecified atom stereocenters. The van der Waals surface area contributed by atoms with Gasteiger partial charge < -0.3 is 14.0 Å². The quantitative estimate of drug-likeness (QED) is 0.127. The van der Waals surface area contributed by atoms with Gasteiger partial charge in [0.1, 0.15) is 18.7 Å². The molecule has 3 aromatic heterocycles. The molecule has 0 aliphatic carbocycles. The summed E-state index contributed by atoms with van der Waals surface area (Å²) in [6.07, 6.45) is 7.43. The summed E-state index contributed by atoms with van der Waals surface area (Å²) in [4.78, 5) is 21.5. The average Bonchev–Trinajstić information content (AvgIpc) is 3.47. The molecule has 3 heterocycles. The summed E-state index contributed by atoms with van der Waals surface area (Å²) in [5.41, 5.74) is 3.41. The minimum atomic E-state index is -1.14. The maximum absolute atomic E-state index is 12.4. The van der Waals surface area contributed by atoms with Crippen molar-refractivity contribution in [3.8, 4) is 11.3 Å². The molecule has 4 rings (SSSR count). The molecule has 0 saturated carbocycles. The maximum Gasteiger partial charge on any atom is 0.308 e. The van der Waals surface area contributed by atoms with Crippen LogP contribution in [-0.4, -0.2) is 51.6 Å². The fourth-order valence-corrected chi connectivity index (χ4v) is 5.14. The number of hydrogen-bond acceptors (Lipinski definition) is 6. The van der Waals surface area contributed by atoms with Crippen LogP contribution in [0.1, 0.15) is 24.9 Å². The van der Waals surface area contributed by atoms with E-state index in [-0.39, 0.29) is 18.4 Å². The van der Waals surface area contributed by atoms with Crippen molar-refractivity contribution in [2.24, 2.45) is 0 Å². The molecular weight excluding hydrogens is 538 g/mol.